The number of aromatic nitrogens is 2. The Labute approximate surface area is 119 Å². The summed E-state index contributed by atoms with van der Waals surface area (Å²) in [4.78, 5) is 40.5. The SMILES string of the molecule is CC1C(=O)NC(=O)CN1c1nc2ccccn2c1C(=O)O. The first-order chi connectivity index (χ1) is 9.99. The molecule has 0 saturated carbocycles. The molecule has 0 bridgehead atoms. The number of hydrogen-bond acceptors (Lipinski definition) is 5. The lowest BCUT2D eigenvalue weighted by Crippen LogP contribution is -2.57. The highest BCUT2D eigenvalue weighted by Gasteiger charge is 2.35. The molecule has 0 aromatic carbocycles. The number of imidazole rings is 1. The van der Waals surface area contributed by atoms with E-state index in [2.05, 4.69) is 10.3 Å². The van der Waals surface area contributed by atoms with Gasteiger partial charge in [0, 0.05) is 6.20 Å². The standard InChI is InChI=1S/C13H12N4O4/c1-7-12(19)15-9(18)6-17(7)11-10(13(20)21)16-5-3-2-4-8(16)14-11/h2-5,7H,6H2,1H3,(H,20,21)(H,15,18,19). The maximum atomic E-state index is 11.7. The third-order valence-corrected chi connectivity index (χ3v) is 3.41. The van der Waals surface area contributed by atoms with Crippen LogP contribution >= 0.6 is 0 Å². The highest BCUT2D eigenvalue weighted by Crippen LogP contribution is 2.24. The van der Waals surface area contributed by atoms with Crippen LogP contribution in [-0.2, 0) is 9.59 Å². The normalized spacial score (nSPS) is 18.9. The summed E-state index contributed by atoms with van der Waals surface area (Å²) >= 11 is 0. The summed E-state index contributed by atoms with van der Waals surface area (Å²) in [6.07, 6.45) is 1.58. The first kappa shape index (κ1) is 13.1. The summed E-state index contributed by atoms with van der Waals surface area (Å²) in [7, 11) is 0. The van der Waals surface area contributed by atoms with E-state index in [1.165, 1.54) is 9.30 Å². The fourth-order valence-electron chi connectivity index (χ4n) is 2.36. The minimum Gasteiger partial charge on any atom is -0.476 e. The minimum atomic E-state index is -1.17. The number of fused-ring (bicyclic) bond motifs is 1. The lowest BCUT2D eigenvalue weighted by molar-refractivity contribution is -0.132. The molecule has 1 aliphatic rings. The van der Waals surface area contributed by atoms with Crippen molar-refractivity contribution >= 4 is 29.2 Å². The van der Waals surface area contributed by atoms with Crippen LogP contribution in [0.3, 0.4) is 0 Å². The van der Waals surface area contributed by atoms with Crippen molar-refractivity contribution < 1.29 is 19.5 Å². The third kappa shape index (κ3) is 2.00. The predicted octanol–water partition coefficient (Wildman–Crippen LogP) is -0.116. The Kier molecular flexibility index (Phi) is 2.86. The molecule has 108 valence electrons. The molecule has 1 unspecified atom stereocenters. The van der Waals surface area contributed by atoms with Crippen molar-refractivity contribution in [3.63, 3.8) is 0 Å². The molecule has 8 heteroatoms. The maximum absolute atomic E-state index is 11.7. The van der Waals surface area contributed by atoms with Crippen molar-refractivity contribution in [2.75, 3.05) is 11.4 Å². The molecular weight excluding hydrogens is 276 g/mol. The van der Waals surface area contributed by atoms with E-state index in [0.29, 0.717) is 5.65 Å². The molecule has 2 aromatic rings. The molecule has 1 fully saturated rings. The third-order valence-electron chi connectivity index (χ3n) is 3.41. The van der Waals surface area contributed by atoms with E-state index in [-0.39, 0.29) is 18.1 Å². The van der Waals surface area contributed by atoms with Gasteiger partial charge in [0.2, 0.25) is 11.8 Å². The van der Waals surface area contributed by atoms with Crippen LogP contribution in [0.15, 0.2) is 24.4 Å². The Balaban J connectivity index is 2.19. The van der Waals surface area contributed by atoms with E-state index in [4.69, 9.17) is 0 Å². The van der Waals surface area contributed by atoms with Crippen molar-refractivity contribution in [3.8, 4) is 0 Å². The smallest absolute Gasteiger partial charge is 0.356 e. The van der Waals surface area contributed by atoms with Crippen molar-refractivity contribution in [2.45, 2.75) is 13.0 Å². The molecule has 2 aromatic heterocycles. The van der Waals surface area contributed by atoms with E-state index < -0.39 is 23.8 Å². The van der Waals surface area contributed by atoms with Gasteiger partial charge in [0.1, 0.15) is 11.7 Å². The Morgan fingerprint density at radius 2 is 2.19 bits per heavy atom. The van der Waals surface area contributed by atoms with Gasteiger partial charge in [-0.05, 0) is 19.1 Å². The van der Waals surface area contributed by atoms with Crippen LogP contribution in [0.25, 0.3) is 5.65 Å². The summed E-state index contributed by atoms with van der Waals surface area (Å²) in [6.45, 7) is 1.48. The van der Waals surface area contributed by atoms with Gasteiger partial charge in [-0.1, -0.05) is 6.07 Å². The van der Waals surface area contributed by atoms with Crippen LogP contribution in [0.1, 0.15) is 17.4 Å². The van der Waals surface area contributed by atoms with E-state index in [0.717, 1.165) is 0 Å². The van der Waals surface area contributed by atoms with Crippen LogP contribution in [-0.4, -0.2) is 44.9 Å². The molecule has 21 heavy (non-hydrogen) atoms. The van der Waals surface area contributed by atoms with Gasteiger partial charge in [-0.2, -0.15) is 0 Å². The van der Waals surface area contributed by atoms with Gasteiger partial charge in [-0.15, -0.1) is 0 Å². The number of anilines is 1. The topological polar surface area (TPSA) is 104 Å². The van der Waals surface area contributed by atoms with E-state index in [1.807, 2.05) is 0 Å². The van der Waals surface area contributed by atoms with E-state index >= 15 is 0 Å². The van der Waals surface area contributed by atoms with Crippen LogP contribution in [0.2, 0.25) is 0 Å². The zero-order valence-electron chi connectivity index (χ0n) is 11.1. The monoisotopic (exact) mass is 288 g/mol. The van der Waals surface area contributed by atoms with E-state index in [1.54, 1.807) is 31.3 Å². The first-order valence-corrected chi connectivity index (χ1v) is 6.29. The Morgan fingerprint density at radius 1 is 1.43 bits per heavy atom. The number of carboxylic acid groups (broad SMARTS) is 1. The van der Waals surface area contributed by atoms with Crippen molar-refractivity contribution in [3.05, 3.63) is 30.1 Å². The number of carboxylic acids is 1. The number of nitrogens with zero attached hydrogens (tertiary/aromatic N) is 3. The number of aromatic carboxylic acids is 1. The van der Waals surface area contributed by atoms with Gasteiger partial charge in [0.15, 0.2) is 11.5 Å². The van der Waals surface area contributed by atoms with Gasteiger partial charge in [0.05, 0.1) is 6.54 Å². The van der Waals surface area contributed by atoms with E-state index in [9.17, 15) is 19.5 Å². The van der Waals surface area contributed by atoms with Crippen LogP contribution < -0.4 is 10.2 Å². The molecule has 8 nitrogen and oxygen atoms in total. The molecule has 0 radical (unpaired) electrons. The Bertz CT molecular complexity index is 767. The predicted molar refractivity (Wildman–Crippen MR) is 72.1 cm³/mol. The Hall–Kier alpha value is -2.90. The molecule has 3 rings (SSSR count). The van der Waals surface area contributed by atoms with Gasteiger partial charge in [-0.25, -0.2) is 9.78 Å². The number of nitrogens with one attached hydrogen (secondary N) is 1. The Morgan fingerprint density at radius 3 is 2.90 bits per heavy atom. The first-order valence-electron chi connectivity index (χ1n) is 6.29. The minimum absolute atomic E-state index is 0.0695. The number of pyridine rings is 1. The highest BCUT2D eigenvalue weighted by atomic mass is 16.4. The zero-order chi connectivity index (χ0) is 15.1. The molecule has 0 aliphatic carbocycles. The lowest BCUT2D eigenvalue weighted by atomic mass is 10.2. The average Bonchev–Trinajstić information content (AvgIpc) is 2.82. The maximum Gasteiger partial charge on any atom is 0.356 e. The zero-order valence-corrected chi connectivity index (χ0v) is 11.1. The van der Waals surface area contributed by atoms with Gasteiger partial charge in [0.25, 0.3) is 0 Å². The average molecular weight is 288 g/mol. The fourth-order valence-corrected chi connectivity index (χ4v) is 2.36. The van der Waals surface area contributed by atoms with Crippen molar-refractivity contribution in [1.29, 1.82) is 0 Å². The van der Waals surface area contributed by atoms with Crippen molar-refractivity contribution in [2.24, 2.45) is 0 Å². The second-order valence-corrected chi connectivity index (χ2v) is 4.73. The van der Waals surface area contributed by atoms with Crippen molar-refractivity contribution in [1.82, 2.24) is 14.7 Å². The molecule has 0 spiro atoms. The second kappa shape index (κ2) is 4.58. The van der Waals surface area contributed by atoms with Gasteiger partial charge < -0.3 is 10.0 Å². The highest BCUT2D eigenvalue weighted by molar-refractivity contribution is 6.05. The van der Waals surface area contributed by atoms with Crippen LogP contribution in [0, 0.1) is 0 Å². The number of carbonyl (C=O) groups is 3. The molecule has 1 aliphatic heterocycles. The second-order valence-electron chi connectivity index (χ2n) is 4.73. The van der Waals surface area contributed by atoms with Crippen LogP contribution in [0.4, 0.5) is 5.82 Å². The molecular formula is C13H12N4O4. The number of rotatable bonds is 2. The molecule has 1 saturated heterocycles. The fraction of sp³-hybridized carbons (Fsp3) is 0.231. The molecule has 3 heterocycles. The van der Waals surface area contributed by atoms with Crippen LogP contribution in [0.5, 0.6) is 0 Å². The van der Waals surface area contributed by atoms with Gasteiger partial charge in [-0.3, -0.25) is 19.3 Å². The summed E-state index contributed by atoms with van der Waals surface area (Å²) < 4.78 is 1.42. The summed E-state index contributed by atoms with van der Waals surface area (Å²) in [5.41, 5.74) is 0.371. The molecule has 1 atom stereocenters. The molecule has 2 N–H and O–H groups in total. The summed E-state index contributed by atoms with van der Waals surface area (Å²) in [5.74, 6) is -2.01. The molecule has 2 amide bonds. The lowest BCUT2D eigenvalue weighted by Gasteiger charge is -2.32. The number of imide groups is 1. The number of carbonyl (C=O) groups excluding carboxylic acids is 2. The summed E-state index contributed by atoms with van der Waals surface area (Å²) in [5, 5.41) is 11.6. The number of amides is 2. The van der Waals surface area contributed by atoms with Gasteiger partial charge >= 0.3 is 5.97 Å². The largest absolute Gasteiger partial charge is 0.476 e. The quantitative estimate of drug-likeness (QED) is 0.747. The number of piperazine rings is 1. The summed E-state index contributed by atoms with van der Waals surface area (Å²) in [6, 6.07) is 4.40. The number of hydrogen-bond donors (Lipinski definition) is 2.